The zero-order chi connectivity index (χ0) is 9.02. The van der Waals surface area contributed by atoms with E-state index < -0.39 is 5.78 Å². The molecule has 0 amide bonds. The number of hydrogen-bond donors (Lipinski definition) is 1. The van der Waals surface area contributed by atoms with Crippen LogP contribution < -0.4 is 0 Å². The van der Waals surface area contributed by atoms with Gasteiger partial charge in [0.1, 0.15) is 5.76 Å². The second kappa shape index (κ2) is 3.85. The summed E-state index contributed by atoms with van der Waals surface area (Å²) in [6, 6.07) is 0. The zero-order valence-electron chi connectivity index (χ0n) is 6.79. The van der Waals surface area contributed by atoms with Crippen molar-refractivity contribution in [2.24, 2.45) is 11.1 Å². The Kier molecular flexibility index (Phi) is 3.44. The van der Waals surface area contributed by atoms with Crippen molar-refractivity contribution in [2.45, 2.75) is 20.8 Å². The SMILES string of the molecule is CC(=O)/C(N=O)=C(/O)C(C)C. The molecule has 4 nitrogen and oxygen atoms in total. The first-order chi connectivity index (χ1) is 5.00. The van der Waals surface area contributed by atoms with E-state index in [-0.39, 0.29) is 17.4 Å². The van der Waals surface area contributed by atoms with Gasteiger partial charge >= 0.3 is 0 Å². The molecule has 0 aromatic heterocycles. The highest BCUT2D eigenvalue weighted by Crippen LogP contribution is 2.12. The van der Waals surface area contributed by atoms with Crippen LogP contribution in [0.4, 0.5) is 0 Å². The van der Waals surface area contributed by atoms with Gasteiger partial charge in [0.25, 0.3) is 0 Å². The fraction of sp³-hybridized carbons (Fsp3) is 0.571. The van der Waals surface area contributed by atoms with Gasteiger partial charge in [0.15, 0.2) is 11.5 Å². The number of hydrogen-bond acceptors (Lipinski definition) is 4. The smallest absolute Gasteiger partial charge is 0.188 e. The second-order valence-electron chi connectivity index (χ2n) is 2.54. The van der Waals surface area contributed by atoms with E-state index in [1.807, 2.05) is 0 Å². The number of aliphatic hydroxyl groups excluding tert-OH is 1. The summed E-state index contributed by atoms with van der Waals surface area (Å²) in [7, 11) is 0. The van der Waals surface area contributed by atoms with Gasteiger partial charge in [-0.1, -0.05) is 13.8 Å². The van der Waals surface area contributed by atoms with Crippen LogP contribution in [-0.4, -0.2) is 10.9 Å². The van der Waals surface area contributed by atoms with Crippen molar-refractivity contribution >= 4 is 5.78 Å². The molecule has 0 aromatic carbocycles. The lowest BCUT2D eigenvalue weighted by Crippen LogP contribution is -2.03. The first-order valence-electron chi connectivity index (χ1n) is 3.28. The molecule has 0 atom stereocenters. The average Bonchev–Trinajstić information content (AvgIpc) is 1.88. The first-order valence-corrected chi connectivity index (χ1v) is 3.28. The minimum Gasteiger partial charge on any atom is -0.510 e. The van der Waals surface area contributed by atoms with Crippen LogP contribution in [-0.2, 0) is 4.79 Å². The minimum absolute atomic E-state index is 0.243. The van der Waals surface area contributed by atoms with E-state index >= 15 is 0 Å². The van der Waals surface area contributed by atoms with Gasteiger partial charge in [0.2, 0.25) is 0 Å². The van der Waals surface area contributed by atoms with Gasteiger partial charge in [-0.2, -0.15) is 0 Å². The summed E-state index contributed by atoms with van der Waals surface area (Å²) in [6.45, 7) is 4.53. The van der Waals surface area contributed by atoms with Crippen molar-refractivity contribution in [1.82, 2.24) is 0 Å². The number of aliphatic hydroxyl groups is 1. The summed E-state index contributed by atoms with van der Waals surface area (Å²) in [4.78, 5) is 20.6. The van der Waals surface area contributed by atoms with Crippen LogP contribution in [0, 0.1) is 10.8 Å². The quantitative estimate of drug-likeness (QED) is 0.385. The van der Waals surface area contributed by atoms with Crippen LogP contribution in [0.1, 0.15) is 20.8 Å². The highest BCUT2D eigenvalue weighted by molar-refractivity contribution is 5.93. The maximum Gasteiger partial charge on any atom is 0.188 e. The Hall–Kier alpha value is -1.19. The fourth-order valence-corrected chi connectivity index (χ4v) is 0.565. The Bertz CT molecular complexity index is 206. The van der Waals surface area contributed by atoms with E-state index in [2.05, 4.69) is 5.18 Å². The first kappa shape index (κ1) is 9.81. The fourth-order valence-electron chi connectivity index (χ4n) is 0.565. The minimum atomic E-state index is -0.508. The van der Waals surface area contributed by atoms with Crippen molar-refractivity contribution in [3.05, 3.63) is 16.4 Å². The van der Waals surface area contributed by atoms with E-state index in [0.717, 1.165) is 0 Å². The van der Waals surface area contributed by atoms with Gasteiger partial charge in [0, 0.05) is 12.8 Å². The lowest BCUT2D eigenvalue weighted by molar-refractivity contribution is -0.113. The van der Waals surface area contributed by atoms with Crippen molar-refractivity contribution in [2.75, 3.05) is 0 Å². The summed E-state index contributed by atoms with van der Waals surface area (Å²) in [5, 5.41) is 11.6. The molecule has 0 aliphatic carbocycles. The largest absolute Gasteiger partial charge is 0.510 e. The Morgan fingerprint density at radius 2 is 1.91 bits per heavy atom. The van der Waals surface area contributed by atoms with Gasteiger partial charge in [-0.15, -0.1) is 4.91 Å². The molecule has 11 heavy (non-hydrogen) atoms. The summed E-state index contributed by atoms with van der Waals surface area (Å²) >= 11 is 0. The molecule has 0 spiro atoms. The summed E-state index contributed by atoms with van der Waals surface area (Å²) in [5.41, 5.74) is -0.375. The van der Waals surface area contributed by atoms with Crippen LogP contribution >= 0.6 is 0 Å². The van der Waals surface area contributed by atoms with Gasteiger partial charge in [-0.05, 0) is 5.18 Å². The Morgan fingerprint density at radius 3 is 2.00 bits per heavy atom. The van der Waals surface area contributed by atoms with E-state index in [9.17, 15) is 9.70 Å². The van der Waals surface area contributed by atoms with Crippen LogP contribution in [0.5, 0.6) is 0 Å². The summed E-state index contributed by atoms with van der Waals surface area (Å²) in [5.74, 6) is -0.995. The molecule has 4 heteroatoms. The third kappa shape index (κ3) is 2.49. The molecule has 0 aromatic rings. The molecule has 0 unspecified atom stereocenters. The number of carbonyl (C=O) groups is 1. The molecule has 0 fully saturated rings. The zero-order valence-corrected chi connectivity index (χ0v) is 6.79. The molecule has 62 valence electrons. The molecule has 0 aliphatic heterocycles. The van der Waals surface area contributed by atoms with Gasteiger partial charge in [-0.3, -0.25) is 4.79 Å². The molecular weight excluding hydrogens is 146 g/mol. The number of carbonyl (C=O) groups excluding carboxylic acids is 1. The molecule has 0 bridgehead atoms. The molecule has 0 rings (SSSR count). The molecule has 0 heterocycles. The van der Waals surface area contributed by atoms with E-state index in [1.165, 1.54) is 6.92 Å². The highest BCUT2D eigenvalue weighted by Gasteiger charge is 2.13. The molecule has 0 saturated heterocycles. The van der Waals surface area contributed by atoms with Crippen molar-refractivity contribution in [1.29, 1.82) is 0 Å². The van der Waals surface area contributed by atoms with Crippen LogP contribution in [0.15, 0.2) is 16.6 Å². The number of allylic oxidation sites excluding steroid dienone is 2. The van der Waals surface area contributed by atoms with Crippen molar-refractivity contribution in [3.8, 4) is 0 Å². The number of Topliss-reactive ketones (excluding diaryl/α,β-unsaturated/α-hetero) is 1. The average molecular weight is 157 g/mol. The third-order valence-corrected chi connectivity index (χ3v) is 1.21. The molecular formula is C7H11NO3. The third-order valence-electron chi connectivity index (χ3n) is 1.21. The predicted octanol–water partition coefficient (Wildman–Crippen LogP) is 1.77. The van der Waals surface area contributed by atoms with Crippen LogP contribution in [0.3, 0.4) is 0 Å². The highest BCUT2D eigenvalue weighted by atomic mass is 16.3. The van der Waals surface area contributed by atoms with Crippen molar-refractivity contribution < 1.29 is 9.90 Å². The number of nitrogens with zero attached hydrogens (tertiary/aromatic N) is 1. The summed E-state index contributed by atoms with van der Waals surface area (Å²) < 4.78 is 0. The monoisotopic (exact) mass is 157 g/mol. The maximum absolute atomic E-state index is 10.6. The Balaban J connectivity index is 4.83. The summed E-state index contributed by atoms with van der Waals surface area (Å²) in [6.07, 6.45) is 0. The second-order valence-corrected chi connectivity index (χ2v) is 2.54. The Morgan fingerprint density at radius 1 is 1.45 bits per heavy atom. The molecule has 0 radical (unpaired) electrons. The molecule has 0 aliphatic rings. The normalized spacial score (nSPS) is 12.7. The van der Waals surface area contributed by atoms with Crippen LogP contribution in [0.2, 0.25) is 0 Å². The van der Waals surface area contributed by atoms with E-state index in [4.69, 9.17) is 5.11 Å². The van der Waals surface area contributed by atoms with Gasteiger partial charge in [-0.25, -0.2) is 0 Å². The predicted molar refractivity (Wildman–Crippen MR) is 41.0 cm³/mol. The lowest BCUT2D eigenvalue weighted by Gasteiger charge is -2.03. The number of nitroso groups, excluding NO2 is 1. The topological polar surface area (TPSA) is 66.7 Å². The maximum atomic E-state index is 10.6. The van der Waals surface area contributed by atoms with Crippen molar-refractivity contribution in [3.63, 3.8) is 0 Å². The van der Waals surface area contributed by atoms with Gasteiger partial charge < -0.3 is 5.11 Å². The van der Waals surface area contributed by atoms with E-state index in [1.54, 1.807) is 13.8 Å². The Labute approximate surface area is 64.9 Å². The molecule has 0 saturated carbocycles. The molecule has 1 N–H and O–H groups in total. The standard InChI is InChI=1S/C7H11NO3/c1-4(2)7(10)6(8-11)5(3)9/h4,10H,1-3H3/b7-6-. The lowest BCUT2D eigenvalue weighted by atomic mass is 10.1. The van der Waals surface area contributed by atoms with Crippen LogP contribution in [0.25, 0.3) is 0 Å². The number of ketones is 1. The van der Waals surface area contributed by atoms with E-state index in [0.29, 0.717) is 0 Å². The number of rotatable bonds is 3. The van der Waals surface area contributed by atoms with Gasteiger partial charge in [0.05, 0.1) is 0 Å².